The maximum atomic E-state index is 13.6. The van der Waals surface area contributed by atoms with E-state index in [0.717, 1.165) is 5.56 Å². The summed E-state index contributed by atoms with van der Waals surface area (Å²) < 4.78 is 12.5. The van der Waals surface area contributed by atoms with Gasteiger partial charge >= 0.3 is 5.97 Å². The Bertz CT molecular complexity index is 1390. The van der Waals surface area contributed by atoms with E-state index in [1.165, 1.54) is 18.4 Å². The zero-order chi connectivity index (χ0) is 22.8. The highest BCUT2D eigenvalue weighted by molar-refractivity contribution is 7.07. The number of benzene rings is 2. The van der Waals surface area contributed by atoms with Gasteiger partial charge in [0.05, 0.1) is 36.1 Å². The molecule has 0 fully saturated rings. The van der Waals surface area contributed by atoms with Gasteiger partial charge in [-0.1, -0.05) is 60.2 Å². The average molecular weight is 469 g/mol. The van der Waals surface area contributed by atoms with Crippen molar-refractivity contribution in [2.24, 2.45) is 4.99 Å². The molecule has 0 saturated carbocycles. The Morgan fingerprint density at radius 1 is 1.22 bits per heavy atom. The molecule has 0 unspecified atom stereocenters. The number of allylic oxidation sites excluding steroid dienone is 1. The molecule has 3 aromatic rings. The van der Waals surface area contributed by atoms with Crippen molar-refractivity contribution in [3.8, 4) is 5.75 Å². The van der Waals surface area contributed by atoms with Gasteiger partial charge in [-0.3, -0.25) is 9.36 Å². The standard InChI is InChI=1S/C24H21ClN2O4S/c1-4-17-20(23(29)31-3)21(14-8-6-5-7-9-14)27-22(28)19(32-24(27)26-17)13-15-12-16(25)10-11-18(15)30-2/h5-13,21H,4H2,1-3H3/b19-13+/t21-/m0/s1. The molecule has 0 N–H and O–H groups in total. The number of hydrogen-bond donors (Lipinski definition) is 0. The second-order valence-electron chi connectivity index (χ2n) is 7.09. The third kappa shape index (κ3) is 3.89. The zero-order valence-electron chi connectivity index (χ0n) is 17.8. The van der Waals surface area contributed by atoms with E-state index >= 15 is 0 Å². The summed E-state index contributed by atoms with van der Waals surface area (Å²) in [6.07, 6.45) is 2.27. The summed E-state index contributed by atoms with van der Waals surface area (Å²) >= 11 is 7.42. The van der Waals surface area contributed by atoms with E-state index in [0.29, 0.717) is 43.4 Å². The second-order valence-corrected chi connectivity index (χ2v) is 8.53. The number of halogens is 1. The Kier molecular flexibility index (Phi) is 6.30. The van der Waals surface area contributed by atoms with Gasteiger partial charge in [0.2, 0.25) is 0 Å². The van der Waals surface area contributed by atoms with Gasteiger partial charge in [0.1, 0.15) is 5.75 Å². The van der Waals surface area contributed by atoms with Crippen LogP contribution in [0.15, 0.2) is 69.6 Å². The summed E-state index contributed by atoms with van der Waals surface area (Å²) in [6, 6.07) is 14.0. The molecule has 0 saturated heterocycles. The van der Waals surface area contributed by atoms with Gasteiger partial charge in [0.25, 0.3) is 5.56 Å². The van der Waals surface area contributed by atoms with Crippen molar-refractivity contribution in [1.82, 2.24) is 4.57 Å². The van der Waals surface area contributed by atoms with Crippen molar-refractivity contribution in [2.75, 3.05) is 14.2 Å². The van der Waals surface area contributed by atoms with E-state index in [9.17, 15) is 9.59 Å². The first-order valence-electron chi connectivity index (χ1n) is 10.00. The van der Waals surface area contributed by atoms with Crippen LogP contribution in [0, 0.1) is 0 Å². The molecule has 2 aromatic carbocycles. The second kappa shape index (κ2) is 9.14. The minimum atomic E-state index is -0.627. The molecule has 2 heterocycles. The number of aromatic nitrogens is 1. The molecule has 1 atom stereocenters. The molecule has 1 aliphatic rings. The van der Waals surface area contributed by atoms with Crippen LogP contribution in [0.1, 0.15) is 30.5 Å². The first-order chi connectivity index (χ1) is 15.5. The fourth-order valence-electron chi connectivity index (χ4n) is 3.77. The van der Waals surface area contributed by atoms with Crippen LogP contribution in [-0.4, -0.2) is 24.8 Å². The topological polar surface area (TPSA) is 69.9 Å². The van der Waals surface area contributed by atoms with Crippen LogP contribution in [-0.2, 0) is 9.53 Å². The average Bonchev–Trinajstić information content (AvgIpc) is 3.12. The number of carbonyl (C=O) groups excluding carboxylic acids is 1. The maximum Gasteiger partial charge on any atom is 0.338 e. The minimum absolute atomic E-state index is 0.249. The SMILES string of the molecule is CCC1=C(C(=O)OC)[C@H](c2ccccc2)n2c(s/c(=C/c3cc(Cl)ccc3OC)c2=O)=N1. The molecule has 164 valence electrons. The lowest BCUT2D eigenvalue weighted by Crippen LogP contribution is -2.40. The number of ether oxygens (including phenoxy) is 2. The monoisotopic (exact) mass is 468 g/mol. The quantitative estimate of drug-likeness (QED) is 0.538. The Morgan fingerprint density at radius 2 is 1.97 bits per heavy atom. The minimum Gasteiger partial charge on any atom is -0.496 e. The van der Waals surface area contributed by atoms with Crippen molar-refractivity contribution in [1.29, 1.82) is 0 Å². The number of hydrogen-bond acceptors (Lipinski definition) is 6. The summed E-state index contributed by atoms with van der Waals surface area (Å²) in [6.45, 7) is 1.93. The fraction of sp³-hybridized carbons (Fsp3) is 0.208. The highest BCUT2D eigenvalue weighted by Gasteiger charge is 2.33. The number of rotatable bonds is 5. The van der Waals surface area contributed by atoms with Crippen LogP contribution in [0.3, 0.4) is 0 Å². The third-order valence-electron chi connectivity index (χ3n) is 5.24. The lowest BCUT2D eigenvalue weighted by atomic mass is 9.95. The normalized spacial score (nSPS) is 15.9. The number of esters is 1. The molecular weight excluding hydrogens is 448 g/mol. The van der Waals surface area contributed by atoms with Crippen molar-refractivity contribution < 1.29 is 14.3 Å². The van der Waals surface area contributed by atoms with Gasteiger partial charge in [-0.2, -0.15) is 0 Å². The van der Waals surface area contributed by atoms with Crippen LogP contribution in [0.4, 0.5) is 0 Å². The lowest BCUT2D eigenvalue weighted by Gasteiger charge is -2.25. The van der Waals surface area contributed by atoms with Crippen molar-refractivity contribution in [2.45, 2.75) is 19.4 Å². The van der Waals surface area contributed by atoms with E-state index < -0.39 is 12.0 Å². The van der Waals surface area contributed by atoms with Crippen LogP contribution in [0.5, 0.6) is 5.75 Å². The van der Waals surface area contributed by atoms with Gasteiger partial charge in [-0.15, -0.1) is 0 Å². The molecule has 0 spiro atoms. The van der Waals surface area contributed by atoms with Gasteiger partial charge < -0.3 is 9.47 Å². The zero-order valence-corrected chi connectivity index (χ0v) is 19.4. The molecular formula is C24H21ClN2O4S. The van der Waals surface area contributed by atoms with E-state index in [1.807, 2.05) is 37.3 Å². The smallest absolute Gasteiger partial charge is 0.338 e. The molecule has 0 amide bonds. The number of methoxy groups -OCH3 is 2. The predicted octanol–water partition coefficient (Wildman–Crippen LogP) is 3.46. The first-order valence-corrected chi connectivity index (χ1v) is 11.2. The molecule has 6 nitrogen and oxygen atoms in total. The number of carbonyl (C=O) groups is 1. The summed E-state index contributed by atoms with van der Waals surface area (Å²) in [5.74, 6) is 0.106. The first kappa shape index (κ1) is 22.0. The molecule has 0 aliphatic carbocycles. The molecule has 0 radical (unpaired) electrons. The molecule has 8 heteroatoms. The Morgan fingerprint density at radius 3 is 2.62 bits per heavy atom. The lowest BCUT2D eigenvalue weighted by molar-refractivity contribution is -0.136. The Hall–Kier alpha value is -3.16. The van der Waals surface area contributed by atoms with Crippen molar-refractivity contribution in [3.63, 3.8) is 0 Å². The summed E-state index contributed by atoms with van der Waals surface area (Å²) in [5.41, 5.74) is 2.23. The highest BCUT2D eigenvalue weighted by atomic mass is 35.5. The summed E-state index contributed by atoms with van der Waals surface area (Å²) in [4.78, 5) is 31.5. The number of fused-ring (bicyclic) bond motifs is 1. The van der Waals surface area contributed by atoms with E-state index in [2.05, 4.69) is 4.99 Å². The van der Waals surface area contributed by atoms with Crippen LogP contribution >= 0.6 is 22.9 Å². The highest BCUT2D eigenvalue weighted by Crippen LogP contribution is 2.31. The molecule has 0 bridgehead atoms. The van der Waals surface area contributed by atoms with Gasteiger partial charge in [-0.05, 0) is 36.3 Å². The largest absolute Gasteiger partial charge is 0.496 e. The Labute approximate surface area is 193 Å². The fourth-order valence-corrected chi connectivity index (χ4v) is 4.97. The number of thiazole rings is 1. The molecule has 4 rings (SSSR count). The van der Waals surface area contributed by atoms with E-state index in [1.54, 1.807) is 36.0 Å². The maximum absolute atomic E-state index is 13.6. The van der Waals surface area contributed by atoms with Crippen molar-refractivity contribution in [3.05, 3.63) is 95.6 Å². The molecule has 32 heavy (non-hydrogen) atoms. The third-order valence-corrected chi connectivity index (χ3v) is 6.46. The Balaban J connectivity index is 2.01. The van der Waals surface area contributed by atoms with Gasteiger partial charge in [0, 0.05) is 10.6 Å². The molecule has 1 aromatic heterocycles. The number of nitrogens with zero attached hydrogens (tertiary/aromatic N) is 2. The van der Waals surface area contributed by atoms with Gasteiger partial charge in [-0.25, -0.2) is 9.79 Å². The predicted molar refractivity (Wildman–Crippen MR) is 125 cm³/mol. The van der Waals surface area contributed by atoms with E-state index in [-0.39, 0.29) is 5.56 Å². The van der Waals surface area contributed by atoms with Gasteiger partial charge in [0.15, 0.2) is 4.80 Å². The van der Waals surface area contributed by atoms with Crippen LogP contribution in [0.2, 0.25) is 5.02 Å². The summed E-state index contributed by atoms with van der Waals surface area (Å²) in [7, 11) is 2.90. The van der Waals surface area contributed by atoms with E-state index in [4.69, 9.17) is 21.1 Å². The van der Waals surface area contributed by atoms with Crippen molar-refractivity contribution >= 4 is 35.0 Å². The van der Waals surface area contributed by atoms with Crippen LogP contribution in [0.25, 0.3) is 6.08 Å². The van der Waals surface area contributed by atoms with Crippen LogP contribution < -0.4 is 19.6 Å². The summed E-state index contributed by atoms with van der Waals surface area (Å²) in [5, 5.41) is 0.535. The molecule has 1 aliphatic heterocycles.